The van der Waals surface area contributed by atoms with Crippen molar-refractivity contribution in [2.45, 2.75) is 53.1 Å². The number of hydrogen-bond acceptors (Lipinski definition) is 6. The number of carbonyl (C=O) groups excluding carboxylic acids is 1. The van der Waals surface area contributed by atoms with Gasteiger partial charge in [-0.25, -0.2) is 0 Å². The average molecular weight is 438 g/mol. The second-order valence-corrected chi connectivity index (χ2v) is 8.41. The minimum absolute atomic E-state index is 0. The van der Waals surface area contributed by atoms with Gasteiger partial charge in [-0.15, -0.1) is 12.4 Å². The minimum atomic E-state index is -0.327. The average Bonchev–Trinajstić information content (AvgIpc) is 3.11. The topological polar surface area (TPSA) is 93.3 Å². The number of nitrogens with zero attached hydrogens (tertiary/aromatic N) is 4. The highest BCUT2D eigenvalue weighted by molar-refractivity contribution is 5.95. The lowest BCUT2D eigenvalue weighted by Crippen LogP contribution is -2.38. The summed E-state index contributed by atoms with van der Waals surface area (Å²) in [4.78, 5) is 31.9. The molecule has 1 N–H and O–H groups in total. The van der Waals surface area contributed by atoms with Gasteiger partial charge in [-0.3, -0.25) is 9.59 Å². The molecule has 2 aromatic rings. The molecule has 9 heteroatoms. The smallest absolute Gasteiger partial charge is 0.263 e. The van der Waals surface area contributed by atoms with Crippen molar-refractivity contribution < 1.29 is 9.32 Å². The summed E-state index contributed by atoms with van der Waals surface area (Å²) in [5, 5.41) is 7.33. The monoisotopic (exact) mass is 437 g/mol. The third-order valence-corrected chi connectivity index (χ3v) is 5.26. The number of rotatable bonds is 7. The molecular formula is C21H32ClN5O3. The first-order valence-corrected chi connectivity index (χ1v) is 10.3. The maximum absolute atomic E-state index is 13.0. The number of aromatic nitrogens is 3. The summed E-state index contributed by atoms with van der Waals surface area (Å²) in [6.07, 6.45) is 4.72. The van der Waals surface area contributed by atoms with Gasteiger partial charge in [0.2, 0.25) is 5.89 Å². The van der Waals surface area contributed by atoms with Gasteiger partial charge < -0.3 is 19.3 Å². The van der Waals surface area contributed by atoms with Crippen LogP contribution in [0.3, 0.4) is 0 Å². The fourth-order valence-corrected chi connectivity index (χ4v) is 3.69. The van der Waals surface area contributed by atoms with Crippen molar-refractivity contribution >= 4 is 18.3 Å². The number of carbonyl (C=O) groups is 1. The lowest BCUT2D eigenvalue weighted by atomic mass is 9.99. The van der Waals surface area contributed by atoms with Gasteiger partial charge in [0, 0.05) is 26.2 Å². The molecule has 0 saturated carbocycles. The Labute approximate surface area is 183 Å². The van der Waals surface area contributed by atoms with Crippen LogP contribution in [0.5, 0.6) is 0 Å². The first-order chi connectivity index (χ1) is 13.8. The van der Waals surface area contributed by atoms with Crippen molar-refractivity contribution in [3.05, 3.63) is 45.5 Å². The SMILES string of the molecule is Cc1ccn(CC2CCCNC2)c(=O)c1C(=O)N(C)Cc1nc(CC(C)C)no1.Cl. The van der Waals surface area contributed by atoms with Gasteiger partial charge in [0.25, 0.3) is 11.5 Å². The molecule has 3 rings (SSSR count). The number of hydrogen-bond donors (Lipinski definition) is 1. The Bertz CT molecular complexity index is 902. The molecule has 1 saturated heterocycles. The van der Waals surface area contributed by atoms with Crippen LogP contribution in [0.2, 0.25) is 0 Å². The molecule has 1 atom stereocenters. The summed E-state index contributed by atoms with van der Waals surface area (Å²) in [6.45, 7) is 8.68. The molecule has 3 heterocycles. The third-order valence-electron chi connectivity index (χ3n) is 5.26. The van der Waals surface area contributed by atoms with E-state index in [4.69, 9.17) is 4.52 Å². The molecule has 1 unspecified atom stereocenters. The summed E-state index contributed by atoms with van der Waals surface area (Å²) >= 11 is 0. The molecule has 1 fully saturated rings. The van der Waals surface area contributed by atoms with Gasteiger partial charge in [0.15, 0.2) is 5.82 Å². The quantitative estimate of drug-likeness (QED) is 0.715. The summed E-state index contributed by atoms with van der Waals surface area (Å²) in [5.74, 6) is 1.51. The molecule has 0 radical (unpaired) electrons. The van der Waals surface area contributed by atoms with Crippen LogP contribution in [0.15, 0.2) is 21.6 Å². The Balaban J connectivity index is 0.00000320. The molecule has 30 heavy (non-hydrogen) atoms. The van der Waals surface area contributed by atoms with E-state index < -0.39 is 0 Å². The first-order valence-electron chi connectivity index (χ1n) is 10.3. The van der Waals surface area contributed by atoms with E-state index in [1.165, 1.54) is 4.90 Å². The number of halogens is 1. The summed E-state index contributed by atoms with van der Waals surface area (Å²) in [6, 6.07) is 1.84. The van der Waals surface area contributed by atoms with Crippen molar-refractivity contribution in [3.63, 3.8) is 0 Å². The molecule has 0 aromatic carbocycles. The minimum Gasteiger partial charge on any atom is -0.337 e. The maximum atomic E-state index is 13.0. The zero-order chi connectivity index (χ0) is 21.0. The Kier molecular flexibility index (Phi) is 8.61. The Hall–Kier alpha value is -2.19. The number of piperidine rings is 1. The molecule has 166 valence electrons. The normalized spacial score (nSPS) is 16.4. The van der Waals surface area contributed by atoms with E-state index >= 15 is 0 Å². The molecule has 1 amide bonds. The fraction of sp³-hybridized carbons (Fsp3) is 0.619. The number of pyridine rings is 1. The van der Waals surface area contributed by atoms with E-state index in [0.29, 0.717) is 35.7 Å². The van der Waals surface area contributed by atoms with Crippen molar-refractivity contribution in [3.8, 4) is 0 Å². The third kappa shape index (κ3) is 5.92. The van der Waals surface area contributed by atoms with E-state index in [0.717, 1.165) is 32.4 Å². The van der Waals surface area contributed by atoms with Gasteiger partial charge in [-0.1, -0.05) is 19.0 Å². The zero-order valence-electron chi connectivity index (χ0n) is 18.2. The van der Waals surface area contributed by atoms with Gasteiger partial charge in [-0.05, 0) is 56.3 Å². The highest BCUT2D eigenvalue weighted by Gasteiger charge is 2.23. The van der Waals surface area contributed by atoms with E-state index in [2.05, 4.69) is 29.3 Å². The van der Waals surface area contributed by atoms with Crippen LogP contribution in [-0.2, 0) is 19.5 Å². The molecular weight excluding hydrogens is 406 g/mol. The predicted octanol–water partition coefficient (Wildman–Crippen LogP) is 2.43. The molecule has 1 aliphatic heterocycles. The Morgan fingerprint density at radius 2 is 2.20 bits per heavy atom. The Morgan fingerprint density at radius 3 is 2.87 bits per heavy atom. The van der Waals surface area contributed by atoms with Gasteiger partial charge in [-0.2, -0.15) is 4.98 Å². The molecule has 0 bridgehead atoms. The van der Waals surface area contributed by atoms with E-state index in [1.54, 1.807) is 24.7 Å². The first kappa shape index (κ1) is 24.1. The van der Waals surface area contributed by atoms with Gasteiger partial charge in [0.05, 0.1) is 6.54 Å². The van der Waals surface area contributed by atoms with Crippen molar-refractivity contribution in [1.29, 1.82) is 0 Å². The van der Waals surface area contributed by atoms with E-state index in [1.807, 2.05) is 6.07 Å². The van der Waals surface area contributed by atoms with Crippen LogP contribution in [0.25, 0.3) is 0 Å². The molecule has 2 aromatic heterocycles. The van der Waals surface area contributed by atoms with Crippen molar-refractivity contribution in [1.82, 2.24) is 24.9 Å². The second kappa shape index (κ2) is 10.7. The predicted molar refractivity (Wildman–Crippen MR) is 117 cm³/mol. The van der Waals surface area contributed by atoms with Crippen molar-refractivity contribution in [2.24, 2.45) is 11.8 Å². The van der Waals surface area contributed by atoms with Gasteiger partial charge >= 0.3 is 0 Å². The van der Waals surface area contributed by atoms with Crippen LogP contribution >= 0.6 is 12.4 Å². The highest BCUT2D eigenvalue weighted by Crippen LogP contribution is 2.14. The highest BCUT2D eigenvalue weighted by atomic mass is 35.5. The molecule has 1 aliphatic rings. The molecule has 8 nitrogen and oxygen atoms in total. The number of aryl methyl sites for hydroxylation is 1. The number of nitrogens with one attached hydrogen (secondary N) is 1. The second-order valence-electron chi connectivity index (χ2n) is 8.41. The van der Waals surface area contributed by atoms with Crippen LogP contribution in [-0.4, -0.2) is 45.7 Å². The summed E-state index contributed by atoms with van der Waals surface area (Å²) < 4.78 is 6.93. The largest absolute Gasteiger partial charge is 0.337 e. The maximum Gasteiger partial charge on any atom is 0.263 e. The van der Waals surface area contributed by atoms with Crippen molar-refractivity contribution in [2.75, 3.05) is 20.1 Å². The molecule has 0 spiro atoms. The number of amides is 1. The van der Waals surface area contributed by atoms with Crippen LogP contribution < -0.4 is 10.9 Å². The van der Waals surface area contributed by atoms with E-state index in [-0.39, 0.29) is 36.0 Å². The molecule has 0 aliphatic carbocycles. The zero-order valence-corrected chi connectivity index (χ0v) is 19.0. The lowest BCUT2D eigenvalue weighted by Gasteiger charge is -2.24. The lowest BCUT2D eigenvalue weighted by molar-refractivity contribution is 0.0766. The van der Waals surface area contributed by atoms with Crippen LogP contribution in [0.4, 0.5) is 0 Å². The van der Waals surface area contributed by atoms with Gasteiger partial charge in [0.1, 0.15) is 5.56 Å². The van der Waals surface area contributed by atoms with E-state index in [9.17, 15) is 9.59 Å². The standard InChI is InChI=1S/C21H31N5O3.ClH/c1-14(2)10-17-23-18(29-24-17)13-25(4)20(27)19-15(3)7-9-26(21(19)28)12-16-6-5-8-22-11-16;/h7,9,14,16,22H,5-6,8,10-13H2,1-4H3;1H. The summed E-state index contributed by atoms with van der Waals surface area (Å²) in [7, 11) is 1.65. The summed E-state index contributed by atoms with van der Waals surface area (Å²) in [5.41, 5.74) is 0.648. The van der Waals surface area contributed by atoms with Crippen LogP contribution in [0.1, 0.15) is 54.3 Å². The Morgan fingerprint density at radius 1 is 1.43 bits per heavy atom. The fourth-order valence-electron chi connectivity index (χ4n) is 3.69. The van der Waals surface area contributed by atoms with Crippen LogP contribution in [0, 0.1) is 18.8 Å².